The van der Waals surface area contributed by atoms with Crippen LogP contribution in [0.3, 0.4) is 0 Å². The molecule has 1 aliphatic carbocycles. The van der Waals surface area contributed by atoms with Gasteiger partial charge in [0.15, 0.2) is 0 Å². The fourth-order valence-electron chi connectivity index (χ4n) is 4.59. The molecule has 4 nitrogen and oxygen atoms in total. The van der Waals surface area contributed by atoms with Crippen LogP contribution in [0.15, 0.2) is 49.1 Å². The Hall–Kier alpha value is -2.41. The second kappa shape index (κ2) is 10.0. The van der Waals surface area contributed by atoms with Gasteiger partial charge < -0.3 is 15.6 Å². The van der Waals surface area contributed by atoms with Gasteiger partial charge in [0, 0.05) is 28.7 Å². The first-order valence-corrected chi connectivity index (χ1v) is 12.0. The summed E-state index contributed by atoms with van der Waals surface area (Å²) in [6.07, 6.45) is 9.24. The molecule has 0 bridgehead atoms. The van der Waals surface area contributed by atoms with Crippen LogP contribution >= 0.6 is 11.3 Å². The predicted octanol–water partition coefficient (Wildman–Crippen LogP) is 5.40. The quantitative estimate of drug-likeness (QED) is 0.550. The lowest BCUT2D eigenvalue weighted by atomic mass is 9.89. The predicted molar refractivity (Wildman–Crippen MR) is 132 cm³/mol. The molecule has 1 aliphatic heterocycles. The van der Waals surface area contributed by atoms with E-state index >= 15 is 0 Å². The van der Waals surface area contributed by atoms with Gasteiger partial charge in [0.25, 0.3) is 0 Å². The third kappa shape index (κ3) is 4.98. The summed E-state index contributed by atoms with van der Waals surface area (Å²) >= 11 is 1.60. The Morgan fingerprint density at radius 3 is 3.06 bits per heavy atom. The monoisotopic (exact) mass is 454 g/mol. The van der Waals surface area contributed by atoms with Gasteiger partial charge >= 0.3 is 0 Å². The first kappa shape index (κ1) is 22.8. The molecule has 32 heavy (non-hydrogen) atoms. The Morgan fingerprint density at radius 2 is 2.28 bits per heavy atom. The number of nitrogens with two attached hydrogens (primary N) is 1. The first-order chi connectivity index (χ1) is 15.5. The fourth-order valence-corrected chi connectivity index (χ4v) is 5.85. The summed E-state index contributed by atoms with van der Waals surface area (Å²) in [6.45, 7) is 7.65. The zero-order valence-electron chi connectivity index (χ0n) is 18.5. The summed E-state index contributed by atoms with van der Waals surface area (Å²) in [6, 6.07) is 8.01. The number of β-amino-alcohol motifs (C(OH)–C–C–N with tert-alkyl or cyclic N) is 1. The summed E-state index contributed by atoms with van der Waals surface area (Å²) in [5.41, 5.74) is 8.42. The van der Waals surface area contributed by atoms with Crippen LogP contribution in [0, 0.1) is 0 Å². The van der Waals surface area contributed by atoms with Gasteiger partial charge in [-0.3, -0.25) is 4.90 Å². The molecule has 0 saturated carbocycles. The number of thiophene rings is 1. The van der Waals surface area contributed by atoms with Crippen molar-refractivity contribution in [3.63, 3.8) is 0 Å². The van der Waals surface area contributed by atoms with Gasteiger partial charge in [-0.05, 0) is 68.5 Å². The van der Waals surface area contributed by atoms with E-state index in [4.69, 9.17) is 10.5 Å². The van der Waals surface area contributed by atoms with Crippen molar-refractivity contribution in [2.75, 3.05) is 25.4 Å². The molecule has 3 atom stereocenters. The summed E-state index contributed by atoms with van der Waals surface area (Å²) in [4.78, 5) is 4.39. The topological polar surface area (TPSA) is 58.7 Å². The number of hydrogen-bond donors (Lipinski definition) is 2. The van der Waals surface area contributed by atoms with Crippen molar-refractivity contribution in [2.24, 2.45) is 0 Å². The molecule has 3 unspecified atom stereocenters. The summed E-state index contributed by atoms with van der Waals surface area (Å²) in [5, 5.41) is 10.6. The minimum absolute atomic E-state index is 0.126. The van der Waals surface area contributed by atoms with E-state index < -0.39 is 6.10 Å². The number of fused-ring (bicyclic) bond motifs is 1. The molecule has 0 spiro atoms. The van der Waals surface area contributed by atoms with E-state index in [2.05, 4.69) is 24.5 Å². The third-order valence-corrected chi connectivity index (χ3v) is 7.71. The SMILES string of the molecule is C=Cc1c(N)cccc1OCC(O)CN1CCC(c2cc3c(s2)C(F)=CC=CC3)CC1C. The van der Waals surface area contributed by atoms with E-state index in [1.165, 1.54) is 4.88 Å². The number of aliphatic hydroxyl groups is 1. The lowest BCUT2D eigenvalue weighted by Crippen LogP contribution is -2.45. The van der Waals surface area contributed by atoms with Crippen LogP contribution in [0.25, 0.3) is 11.9 Å². The number of nitrogens with zero attached hydrogens (tertiary/aromatic N) is 1. The van der Waals surface area contributed by atoms with Crippen molar-refractivity contribution in [1.82, 2.24) is 4.90 Å². The zero-order chi connectivity index (χ0) is 22.7. The number of rotatable bonds is 7. The van der Waals surface area contributed by atoms with Crippen LogP contribution < -0.4 is 10.5 Å². The van der Waals surface area contributed by atoms with Gasteiger partial charge in [-0.2, -0.15) is 0 Å². The van der Waals surface area contributed by atoms with Gasteiger partial charge in [0.1, 0.15) is 24.3 Å². The lowest BCUT2D eigenvalue weighted by Gasteiger charge is -2.38. The zero-order valence-corrected chi connectivity index (χ0v) is 19.3. The number of piperidine rings is 1. The van der Waals surface area contributed by atoms with Crippen molar-refractivity contribution >= 4 is 28.9 Å². The average molecular weight is 455 g/mol. The van der Waals surface area contributed by atoms with Crippen LogP contribution in [0.2, 0.25) is 0 Å². The molecular weight excluding hydrogens is 423 g/mol. The number of nitrogen functional groups attached to an aromatic ring is 1. The minimum atomic E-state index is -0.600. The standard InChI is InChI=1S/C26H31FN2O2S/c1-3-21-23(28)9-6-10-24(21)31-16-20(30)15-29-12-11-18(13-17(29)2)25-14-19-7-4-5-8-22(27)26(19)32-25/h3-6,8-10,14,17-18,20,30H,1,7,11-13,15-16,28H2,2H3. The summed E-state index contributed by atoms with van der Waals surface area (Å²) < 4.78 is 20.2. The Balaban J connectivity index is 1.32. The van der Waals surface area contributed by atoms with E-state index in [1.807, 2.05) is 18.2 Å². The summed E-state index contributed by atoms with van der Waals surface area (Å²) in [5.74, 6) is 0.948. The van der Waals surface area contributed by atoms with E-state index in [0.29, 0.717) is 29.9 Å². The molecule has 0 amide bonds. The average Bonchev–Trinajstić information content (AvgIpc) is 3.13. The normalized spacial score (nSPS) is 22.0. The molecule has 6 heteroatoms. The molecule has 170 valence electrons. The van der Waals surface area contributed by atoms with E-state index in [-0.39, 0.29) is 12.4 Å². The molecule has 2 aromatic rings. The molecule has 2 aliphatic rings. The Kier molecular flexibility index (Phi) is 7.13. The highest BCUT2D eigenvalue weighted by Crippen LogP contribution is 2.40. The van der Waals surface area contributed by atoms with Crippen molar-refractivity contribution in [3.8, 4) is 5.75 Å². The number of likely N-dealkylation sites (tertiary alicyclic amines) is 1. The highest BCUT2D eigenvalue weighted by Gasteiger charge is 2.29. The number of benzene rings is 1. The molecule has 1 fully saturated rings. The highest BCUT2D eigenvalue weighted by atomic mass is 32.1. The maximum atomic E-state index is 14.3. The van der Waals surface area contributed by atoms with E-state index in [1.54, 1.807) is 35.6 Å². The maximum Gasteiger partial charge on any atom is 0.140 e. The van der Waals surface area contributed by atoms with Gasteiger partial charge in [-0.15, -0.1) is 11.3 Å². The number of aliphatic hydroxyl groups excluding tert-OH is 1. The van der Waals surface area contributed by atoms with Crippen LogP contribution in [-0.2, 0) is 6.42 Å². The lowest BCUT2D eigenvalue weighted by molar-refractivity contribution is 0.0404. The first-order valence-electron chi connectivity index (χ1n) is 11.2. The second-order valence-electron chi connectivity index (χ2n) is 8.64. The molecule has 1 aromatic heterocycles. The van der Waals surface area contributed by atoms with Gasteiger partial charge in [0.05, 0.1) is 4.88 Å². The minimum Gasteiger partial charge on any atom is -0.490 e. The van der Waals surface area contributed by atoms with Crippen molar-refractivity contribution in [3.05, 3.63) is 70.0 Å². The number of ether oxygens (including phenoxy) is 1. The molecule has 3 N–H and O–H groups in total. The third-order valence-electron chi connectivity index (χ3n) is 6.36. The molecule has 4 rings (SSSR count). The summed E-state index contributed by atoms with van der Waals surface area (Å²) in [7, 11) is 0. The molecule has 1 saturated heterocycles. The van der Waals surface area contributed by atoms with Crippen LogP contribution in [-0.4, -0.2) is 41.8 Å². The van der Waals surface area contributed by atoms with Crippen molar-refractivity contribution in [2.45, 2.75) is 44.2 Å². The largest absolute Gasteiger partial charge is 0.490 e. The number of halogens is 1. The van der Waals surface area contributed by atoms with Gasteiger partial charge in [-0.1, -0.05) is 30.9 Å². The Labute approximate surface area is 193 Å². The van der Waals surface area contributed by atoms with Crippen LogP contribution in [0.5, 0.6) is 5.75 Å². The molecule has 2 heterocycles. The number of allylic oxidation sites excluding steroid dienone is 3. The van der Waals surface area contributed by atoms with Gasteiger partial charge in [0.2, 0.25) is 0 Å². The van der Waals surface area contributed by atoms with Crippen molar-refractivity contribution in [1.29, 1.82) is 0 Å². The van der Waals surface area contributed by atoms with E-state index in [9.17, 15) is 9.50 Å². The smallest absolute Gasteiger partial charge is 0.140 e. The highest BCUT2D eigenvalue weighted by molar-refractivity contribution is 7.13. The molecule has 0 radical (unpaired) electrons. The molecular formula is C26H31FN2O2S. The second-order valence-corrected chi connectivity index (χ2v) is 9.73. The van der Waals surface area contributed by atoms with Crippen LogP contribution in [0.1, 0.15) is 46.6 Å². The number of anilines is 1. The van der Waals surface area contributed by atoms with E-state index in [0.717, 1.165) is 41.8 Å². The Morgan fingerprint density at radius 1 is 1.44 bits per heavy atom. The van der Waals surface area contributed by atoms with Crippen LogP contribution in [0.4, 0.5) is 10.1 Å². The number of hydrogen-bond acceptors (Lipinski definition) is 5. The molecule has 1 aromatic carbocycles. The Bertz CT molecular complexity index is 1030. The fraction of sp³-hybridized carbons (Fsp3) is 0.385. The van der Waals surface area contributed by atoms with Gasteiger partial charge in [-0.25, -0.2) is 4.39 Å². The van der Waals surface area contributed by atoms with Crippen molar-refractivity contribution < 1.29 is 14.2 Å². The maximum absolute atomic E-state index is 14.3.